The van der Waals surface area contributed by atoms with Crippen LogP contribution >= 0.6 is 0 Å². The standard InChI is InChI=1S/C14H20N4O/c1-9-7-10(2)18-14(12(9)13(15)19)17-8-11-3-5-16-6-4-11/h3,7,16H,4-6,8H2,1-2H3,(H2,15,19)(H,17,18). The van der Waals surface area contributed by atoms with Gasteiger partial charge in [-0.05, 0) is 38.4 Å². The molecular formula is C14H20N4O. The maximum absolute atomic E-state index is 11.5. The van der Waals surface area contributed by atoms with Gasteiger partial charge in [-0.3, -0.25) is 4.79 Å². The fourth-order valence-electron chi connectivity index (χ4n) is 2.30. The van der Waals surface area contributed by atoms with Gasteiger partial charge in [0.05, 0.1) is 5.56 Å². The van der Waals surface area contributed by atoms with Crippen LogP contribution in [0, 0.1) is 13.8 Å². The summed E-state index contributed by atoms with van der Waals surface area (Å²) in [6.45, 7) is 6.39. The number of amides is 1. The van der Waals surface area contributed by atoms with Gasteiger partial charge in [0.15, 0.2) is 0 Å². The van der Waals surface area contributed by atoms with Crippen molar-refractivity contribution in [3.05, 3.63) is 34.5 Å². The van der Waals surface area contributed by atoms with Gasteiger partial charge < -0.3 is 16.4 Å². The van der Waals surface area contributed by atoms with Gasteiger partial charge in [-0.25, -0.2) is 4.98 Å². The Hall–Kier alpha value is -1.88. The van der Waals surface area contributed by atoms with Gasteiger partial charge in [0.1, 0.15) is 5.82 Å². The number of carbonyl (C=O) groups excluding carboxylic acids is 1. The molecule has 0 saturated heterocycles. The van der Waals surface area contributed by atoms with Gasteiger partial charge in [-0.1, -0.05) is 11.6 Å². The minimum Gasteiger partial charge on any atom is -0.366 e. The van der Waals surface area contributed by atoms with E-state index in [2.05, 4.69) is 21.7 Å². The van der Waals surface area contributed by atoms with E-state index in [0.29, 0.717) is 17.9 Å². The number of hydrogen-bond acceptors (Lipinski definition) is 4. The molecule has 0 saturated carbocycles. The molecule has 19 heavy (non-hydrogen) atoms. The highest BCUT2D eigenvalue weighted by molar-refractivity contribution is 5.99. The zero-order valence-corrected chi connectivity index (χ0v) is 11.4. The third kappa shape index (κ3) is 3.32. The Bertz CT molecular complexity index is 522. The number of aromatic nitrogens is 1. The Labute approximate surface area is 113 Å². The number of aryl methyl sites for hydroxylation is 2. The average molecular weight is 260 g/mol. The molecule has 0 radical (unpaired) electrons. The Balaban J connectivity index is 2.19. The molecule has 1 amide bonds. The van der Waals surface area contributed by atoms with Crippen molar-refractivity contribution in [1.29, 1.82) is 0 Å². The quantitative estimate of drug-likeness (QED) is 0.709. The van der Waals surface area contributed by atoms with E-state index in [0.717, 1.165) is 30.8 Å². The monoisotopic (exact) mass is 260 g/mol. The third-order valence-electron chi connectivity index (χ3n) is 3.23. The number of carbonyl (C=O) groups is 1. The van der Waals surface area contributed by atoms with E-state index in [4.69, 9.17) is 5.73 Å². The number of nitrogens with zero attached hydrogens (tertiary/aromatic N) is 1. The van der Waals surface area contributed by atoms with Gasteiger partial charge >= 0.3 is 0 Å². The molecule has 4 N–H and O–H groups in total. The first kappa shape index (κ1) is 13.5. The normalized spacial score (nSPS) is 14.9. The molecular weight excluding hydrogens is 240 g/mol. The van der Waals surface area contributed by atoms with E-state index in [-0.39, 0.29) is 0 Å². The predicted octanol–water partition coefficient (Wildman–Crippen LogP) is 1.13. The number of primary amides is 1. The van der Waals surface area contributed by atoms with Crippen LogP contribution in [0.3, 0.4) is 0 Å². The number of nitrogens with one attached hydrogen (secondary N) is 2. The first-order valence-corrected chi connectivity index (χ1v) is 6.48. The zero-order chi connectivity index (χ0) is 13.8. The van der Waals surface area contributed by atoms with Crippen molar-refractivity contribution in [1.82, 2.24) is 10.3 Å². The van der Waals surface area contributed by atoms with Crippen molar-refractivity contribution in [2.45, 2.75) is 20.3 Å². The first-order valence-electron chi connectivity index (χ1n) is 6.48. The Morgan fingerprint density at radius 3 is 2.95 bits per heavy atom. The lowest BCUT2D eigenvalue weighted by Gasteiger charge is -2.17. The van der Waals surface area contributed by atoms with Crippen LogP contribution in [0.15, 0.2) is 17.7 Å². The fourth-order valence-corrected chi connectivity index (χ4v) is 2.30. The molecule has 0 unspecified atom stereocenters. The molecule has 0 bridgehead atoms. The van der Waals surface area contributed by atoms with Crippen molar-refractivity contribution in [2.75, 3.05) is 25.0 Å². The highest BCUT2D eigenvalue weighted by Crippen LogP contribution is 2.19. The highest BCUT2D eigenvalue weighted by atomic mass is 16.1. The summed E-state index contributed by atoms with van der Waals surface area (Å²) in [4.78, 5) is 15.9. The lowest BCUT2D eigenvalue weighted by molar-refractivity contribution is 0.1000. The molecule has 0 atom stereocenters. The summed E-state index contributed by atoms with van der Waals surface area (Å²) < 4.78 is 0. The van der Waals surface area contributed by atoms with E-state index in [1.54, 1.807) is 0 Å². The molecule has 5 heteroatoms. The number of hydrogen-bond donors (Lipinski definition) is 3. The molecule has 0 spiro atoms. The molecule has 0 fully saturated rings. The molecule has 1 aromatic heterocycles. The summed E-state index contributed by atoms with van der Waals surface area (Å²) in [6.07, 6.45) is 3.19. The number of rotatable bonds is 4. The Morgan fingerprint density at radius 2 is 2.32 bits per heavy atom. The second-order valence-electron chi connectivity index (χ2n) is 4.84. The van der Waals surface area contributed by atoms with Gasteiger partial charge in [0.2, 0.25) is 0 Å². The van der Waals surface area contributed by atoms with Crippen molar-refractivity contribution >= 4 is 11.7 Å². The summed E-state index contributed by atoms with van der Waals surface area (Å²) in [5, 5.41) is 6.50. The Kier molecular flexibility index (Phi) is 4.16. The largest absolute Gasteiger partial charge is 0.366 e. The molecule has 2 heterocycles. The average Bonchev–Trinajstić information content (AvgIpc) is 2.36. The molecule has 1 aliphatic heterocycles. The van der Waals surface area contributed by atoms with Crippen LogP contribution in [-0.2, 0) is 0 Å². The summed E-state index contributed by atoms with van der Waals surface area (Å²) in [7, 11) is 0. The van der Waals surface area contributed by atoms with Gasteiger partial charge in [-0.15, -0.1) is 0 Å². The van der Waals surface area contributed by atoms with E-state index < -0.39 is 5.91 Å². The predicted molar refractivity (Wildman–Crippen MR) is 76.3 cm³/mol. The molecule has 0 aromatic carbocycles. The van der Waals surface area contributed by atoms with E-state index >= 15 is 0 Å². The van der Waals surface area contributed by atoms with Gasteiger partial charge in [-0.2, -0.15) is 0 Å². The highest BCUT2D eigenvalue weighted by Gasteiger charge is 2.14. The number of anilines is 1. The SMILES string of the molecule is Cc1cc(C)c(C(N)=O)c(NCC2=CCNCC2)n1. The third-order valence-corrected chi connectivity index (χ3v) is 3.23. The van der Waals surface area contributed by atoms with Gasteiger partial charge in [0.25, 0.3) is 5.91 Å². The summed E-state index contributed by atoms with van der Waals surface area (Å²) in [5.41, 5.74) is 8.99. The van der Waals surface area contributed by atoms with Gasteiger partial charge in [0, 0.05) is 18.8 Å². The smallest absolute Gasteiger partial charge is 0.252 e. The fraction of sp³-hybridized carbons (Fsp3) is 0.429. The van der Waals surface area contributed by atoms with E-state index in [1.807, 2.05) is 19.9 Å². The topological polar surface area (TPSA) is 80.0 Å². The number of nitrogens with two attached hydrogens (primary N) is 1. The van der Waals surface area contributed by atoms with Crippen molar-refractivity contribution < 1.29 is 4.79 Å². The van der Waals surface area contributed by atoms with E-state index in [9.17, 15) is 4.79 Å². The molecule has 2 rings (SSSR count). The minimum absolute atomic E-state index is 0.438. The molecule has 5 nitrogen and oxygen atoms in total. The Morgan fingerprint density at radius 1 is 1.53 bits per heavy atom. The van der Waals surface area contributed by atoms with Crippen molar-refractivity contribution in [2.24, 2.45) is 5.73 Å². The number of pyridine rings is 1. The lowest BCUT2D eigenvalue weighted by atomic mass is 10.1. The van der Waals surface area contributed by atoms with Crippen LogP contribution in [0.5, 0.6) is 0 Å². The van der Waals surface area contributed by atoms with Crippen LogP contribution in [0.4, 0.5) is 5.82 Å². The van der Waals surface area contributed by atoms with Crippen molar-refractivity contribution in [3.63, 3.8) is 0 Å². The molecule has 1 aromatic rings. The molecule has 1 aliphatic rings. The van der Waals surface area contributed by atoms with Crippen LogP contribution in [0.1, 0.15) is 28.0 Å². The first-order chi connectivity index (χ1) is 9.08. The lowest BCUT2D eigenvalue weighted by Crippen LogP contribution is -2.24. The summed E-state index contributed by atoms with van der Waals surface area (Å²) in [6, 6.07) is 1.87. The second-order valence-corrected chi connectivity index (χ2v) is 4.84. The van der Waals surface area contributed by atoms with Crippen LogP contribution < -0.4 is 16.4 Å². The summed E-state index contributed by atoms with van der Waals surface area (Å²) in [5.74, 6) is 0.149. The second kappa shape index (κ2) is 5.84. The molecule has 102 valence electrons. The van der Waals surface area contributed by atoms with E-state index in [1.165, 1.54) is 5.57 Å². The van der Waals surface area contributed by atoms with Crippen molar-refractivity contribution in [3.8, 4) is 0 Å². The van der Waals surface area contributed by atoms with Crippen LogP contribution in [0.25, 0.3) is 0 Å². The van der Waals surface area contributed by atoms with Crippen LogP contribution in [0.2, 0.25) is 0 Å². The maximum atomic E-state index is 11.5. The molecule has 0 aliphatic carbocycles. The van der Waals surface area contributed by atoms with Crippen LogP contribution in [-0.4, -0.2) is 30.5 Å². The maximum Gasteiger partial charge on any atom is 0.252 e. The minimum atomic E-state index is -0.438. The summed E-state index contributed by atoms with van der Waals surface area (Å²) >= 11 is 0. The zero-order valence-electron chi connectivity index (χ0n) is 11.4.